The summed E-state index contributed by atoms with van der Waals surface area (Å²) in [5.74, 6) is -0.657. The highest BCUT2D eigenvalue weighted by Gasteiger charge is 2.39. The van der Waals surface area contributed by atoms with Crippen LogP contribution in [-0.2, 0) is 16.1 Å². The van der Waals surface area contributed by atoms with Crippen LogP contribution in [0.1, 0.15) is 12.0 Å². The molecule has 0 aromatic heterocycles. The Morgan fingerprint density at radius 1 is 1.50 bits per heavy atom. The Morgan fingerprint density at radius 2 is 2.12 bits per heavy atom. The number of rotatable bonds is 4. The molecule has 1 saturated carbocycles. The van der Waals surface area contributed by atoms with Crippen molar-refractivity contribution in [2.45, 2.75) is 19.1 Å². The van der Waals surface area contributed by atoms with Gasteiger partial charge in [-0.05, 0) is 12.0 Å². The Morgan fingerprint density at radius 3 is 2.69 bits per heavy atom. The van der Waals surface area contributed by atoms with Crippen LogP contribution in [0.5, 0.6) is 0 Å². The average molecular weight is 218 g/mol. The van der Waals surface area contributed by atoms with Gasteiger partial charge in [-0.15, -0.1) is 0 Å². The van der Waals surface area contributed by atoms with E-state index in [-0.39, 0.29) is 12.5 Å². The standard InChI is InChI=1S/C13H14O3/c1-9-7-11(9)12(14)13(15)16-8-10-5-3-2-4-6-10/h2-6,11-12,14H,1,7-8H2/t11-,12+/m1/s1. The number of carbonyl (C=O) groups is 1. The molecule has 2 rings (SSSR count). The van der Waals surface area contributed by atoms with Crippen LogP contribution in [0.2, 0.25) is 0 Å². The molecule has 0 amide bonds. The van der Waals surface area contributed by atoms with E-state index in [1.165, 1.54) is 0 Å². The molecular formula is C13H14O3. The fourth-order valence-electron chi connectivity index (χ4n) is 1.54. The summed E-state index contributed by atoms with van der Waals surface area (Å²) in [7, 11) is 0. The number of aliphatic hydroxyl groups excluding tert-OH is 1. The zero-order valence-corrected chi connectivity index (χ0v) is 8.93. The van der Waals surface area contributed by atoms with Crippen molar-refractivity contribution in [3.05, 3.63) is 48.0 Å². The first-order valence-electron chi connectivity index (χ1n) is 5.25. The summed E-state index contributed by atoms with van der Waals surface area (Å²) in [4.78, 5) is 11.4. The lowest BCUT2D eigenvalue weighted by Gasteiger charge is -2.09. The predicted molar refractivity (Wildman–Crippen MR) is 59.5 cm³/mol. The van der Waals surface area contributed by atoms with Crippen LogP contribution in [0.4, 0.5) is 0 Å². The number of carbonyl (C=O) groups excluding carboxylic acids is 1. The fourth-order valence-corrected chi connectivity index (χ4v) is 1.54. The molecule has 0 aliphatic heterocycles. The van der Waals surface area contributed by atoms with Gasteiger partial charge in [0.1, 0.15) is 6.61 Å². The van der Waals surface area contributed by atoms with Gasteiger partial charge in [0, 0.05) is 5.92 Å². The van der Waals surface area contributed by atoms with Crippen molar-refractivity contribution in [3.63, 3.8) is 0 Å². The molecule has 16 heavy (non-hydrogen) atoms. The summed E-state index contributed by atoms with van der Waals surface area (Å²) in [5, 5.41) is 9.57. The minimum atomic E-state index is -1.05. The minimum Gasteiger partial charge on any atom is -0.459 e. The Labute approximate surface area is 94.4 Å². The molecule has 0 spiro atoms. The van der Waals surface area contributed by atoms with Gasteiger partial charge in [0.25, 0.3) is 0 Å². The van der Waals surface area contributed by atoms with Gasteiger partial charge in [0.05, 0.1) is 0 Å². The van der Waals surface area contributed by atoms with Crippen molar-refractivity contribution in [1.82, 2.24) is 0 Å². The Hall–Kier alpha value is -1.61. The number of aliphatic hydroxyl groups is 1. The van der Waals surface area contributed by atoms with Crippen molar-refractivity contribution in [1.29, 1.82) is 0 Å². The molecular weight excluding hydrogens is 204 g/mol. The van der Waals surface area contributed by atoms with Crippen LogP contribution in [-0.4, -0.2) is 17.2 Å². The lowest BCUT2D eigenvalue weighted by Crippen LogP contribution is -2.25. The van der Waals surface area contributed by atoms with Crippen LogP contribution in [0.25, 0.3) is 0 Å². The highest BCUT2D eigenvalue weighted by molar-refractivity contribution is 5.76. The molecule has 2 atom stereocenters. The summed E-state index contributed by atoms with van der Waals surface area (Å²) in [5.41, 5.74) is 1.84. The van der Waals surface area contributed by atoms with Crippen LogP contribution in [0, 0.1) is 5.92 Å². The number of ether oxygens (including phenoxy) is 1. The largest absolute Gasteiger partial charge is 0.459 e. The molecule has 0 bridgehead atoms. The van der Waals surface area contributed by atoms with Crippen molar-refractivity contribution in [3.8, 4) is 0 Å². The zero-order chi connectivity index (χ0) is 11.5. The summed E-state index contributed by atoms with van der Waals surface area (Å²) >= 11 is 0. The lowest BCUT2D eigenvalue weighted by molar-refractivity contribution is -0.155. The molecule has 84 valence electrons. The van der Waals surface area contributed by atoms with E-state index in [0.717, 1.165) is 17.6 Å². The van der Waals surface area contributed by atoms with Crippen molar-refractivity contribution < 1.29 is 14.6 Å². The molecule has 1 fully saturated rings. The summed E-state index contributed by atoms with van der Waals surface area (Å²) in [6.07, 6.45) is -0.321. The third-order valence-electron chi connectivity index (χ3n) is 2.69. The van der Waals surface area contributed by atoms with Gasteiger partial charge in [-0.2, -0.15) is 0 Å². The van der Waals surface area contributed by atoms with Gasteiger partial charge in [0.15, 0.2) is 6.10 Å². The maximum Gasteiger partial charge on any atom is 0.335 e. The Bertz CT molecular complexity index is 397. The Balaban J connectivity index is 1.82. The van der Waals surface area contributed by atoms with Gasteiger partial charge in [0.2, 0.25) is 0 Å². The number of benzene rings is 1. The van der Waals surface area contributed by atoms with Crippen molar-refractivity contribution in [2.75, 3.05) is 0 Å². The molecule has 0 radical (unpaired) electrons. The predicted octanol–water partition coefficient (Wildman–Crippen LogP) is 1.67. The van der Waals surface area contributed by atoms with E-state index in [2.05, 4.69) is 6.58 Å². The van der Waals surface area contributed by atoms with E-state index in [1.54, 1.807) is 0 Å². The first-order valence-corrected chi connectivity index (χ1v) is 5.25. The maximum absolute atomic E-state index is 11.4. The van der Waals surface area contributed by atoms with E-state index in [1.807, 2.05) is 30.3 Å². The van der Waals surface area contributed by atoms with E-state index < -0.39 is 12.1 Å². The average Bonchev–Trinajstić information content (AvgIpc) is 3.03. The highest BCUT2D eigenvalue weighted by atomic mass is 16.5. The number of hydrogen-bond acceptors (Lipinski definition) is 3. The minimum absolute atomic E-state index is 0.0942. The van der Waals surface area contributed by atoms with E-state index in [4.69, 9.17) is 4.74 Å². The second kappa shape index (κ2) is 4.49. The molecule has 0 unspecified atom stereocenters. The third kappa shape index (κ3) is 2.49. The zero-order valence-electron chi connectivity index (χ0n) is 8.93. The number of esters is 1. The van der Waals surface area contributed by atoms with Crippen LogP contribution < -0.4 is 0 Å². The van der Waals surface area contributed by atoms with Crippen molar-refractivity contribution >= 4 is 5.97 Å². The van der Waals surface area contributed by atoms with Gasteiger partial charge in [-0.1, -0.05) is 42.5 Å². The first-order chi connectivity index (χ1) is 7.68. The SMILES string of the molecule is C=C1C[C@H]1[C@H](O)C(=O)OCc1ccccc1. The molecule has 1 N–H and O–H groups in total. The molecule has 3 nitrogen and oxygen atoms in total. The molecule has 3 heteroatoms. The van der Waals surface area contributed by atoms with E-state index in [0.29, 0.717) is 0 Å². The summed E-state index contributed by atoms with van der Waals surface area (Å²) in [6.45, 7) is 3.91. The monoisotopic (exact) mass is 218 g/mol. The quantitative estimate of drug-likeness (QED) is 0.617. The third-order valence-corrected chi connectivity index (χ3v) is 2.69. The van der Waals surface area contributed by atoms with E-state index >= 15 is 0 Å². The molecule has 1 aromatic rings. The smallest absolute Gasteiger partial charge is 0.335 e. The van der Waals surface area contributed by atoms with Crippen molar-refractivity contribution in [2.24, 2.45) is 5.92 Å². The molecule has 0 heterocycles. The van der Waals surface area contributed by atoms with Gasteiger partial charge in [-0.3, -0.25) is 0 Å². The summed E-state index contributed by atoms with van der Waals surface area (Å²) < 4.78 is 5.01. The second-order valence-corrected chi connectivity index (χ2v) is 4.01. The van der Waals surface area contributed by atoms with Crippen LogP contribution in [0.15, 0.2) is 42.5 Å². The topological polar surface area (TPSA) is 46.5 Å². The fraction of sp³-hybridized carbons (Fsp3) is 0.308. The first kappa shape index (κ1) is 10.9. The van der Waals surface area contributed by atoms with Gasteiger partial charge < -0.3 is 9.84 Å². The van der Waals surface area contributed by atoms with Crippen LogP contribution in [0.3, 0.4) is 0 Å². The normalized spacial score (nSPS) is 20.3. The Kier molecular flexibility index (Phi) is 3.06. The highest BCUT2D eigenvalue weighted by Crippen LogP contribution is 2.39. The molecule has 0 saturated heterocycles. The molecule has 1 aliphatic carbocycles. The molecule has 1 aromatic carbocycles. The second-order valence-electron chi connectivity index (χ2n) is 4.01. The number of hydrogen-bond donors (Lipinski definition) is 1. The summed E-state index contributed by atoms with van der Waals surface area (Å²) in [6, 6.07) is 9.39. The lowest BCUT2D eigenvalue weighted by atomic mass is 10.2. The van der Waals surface area contributed by atoms with Gasteiger partial charge in [-0.25, -0.2) is 4.79 Å². The van der Waals surface area contributed by atoms with Gasteiger partial charge >= 0.3 is 5.97 Å². The van der Waals surface area contributed by atoms with Crippen LogP contribution >= 0.6 is 0 Å². The molecule has 1 aliphatic rings. The maximum atomic E-state index is 11.4. The van der Waals surface area contributed by atoms with E-state index in [9.17, 15) is 9.90 Å².